The van der Waals surface area contributed by atoms with E-state index in [1.54, 1.807) is 6.08 Å². The second-order valence-corrected chi connectivity index (χ2v) is 5.51. The number of benzene rings is 1. The summed E-state index contributed by atoms with van der Waals surface area (Å²) in [6.45, 7) is 11.2. The molecular weight excluding hydrogens is 262 g/mol. The Morgan fingerprint density at radius 2 is 2.10 bits per heavy atom. The van der Waals surface area contributed by atoms with Crippen LogP contribution in [0, 0.1) is 6.92 Å². The maximum Gasteiger partial charge on any atom is 0.221 e. The summed E-state index contributed by atoms with van der Waals surface area (Å²) in [5, 5.41) is 2.82. The number of nitrogens with zero attached hydrogens (tertiary/aromatic N) is 2. The van der Waals surface area contributed by atoms with Gasteiger partial charge in [-0.3, -0.25) is 9.69 Å². The highest BCUT2D eigenvalue weighted by molar-refractivity contribution is 5.76. The van der Waals surface area contributed by atoms with E-state index in [0.29, 0.717) is 13.0 Å². The first-order valence-electron chi connectivity index (χ1n) is 7.60. The summed E-state index contributed by atoms with van der Waals surface area (Å²) < 4.78 is 0. The van der Waals surface area contributed by atoms with Gasteiger partial charge in [-0.2, -0.15) is 0 Å². The second kappa shape index (κ2) is 7.84. The molecule has 4 nitrogen and oxygen atoms in total. The van der Waals surface area contributed by atoms with Crippen molar-refractivity contribution in [2.24, 2.45) is 0 Å². The van der Waals surface area contributed by atoms with Crippen LogP contribution in [0.5, 0.6) is 0 Å². The van der Waals surface area contributed by atoms with E-state index in [2.05, 4.69) is 52.9 Å². The van der Waals surface area contributed by atoms with Crippen molar-refractivity contribution in [1.29, 1.82) is 0 Å². The van der Waals surface area contributed by atoms with Crippen molar-refractivity contribution in [3.63, 3.8) is 0 Å². The van der Waals surface area contributed by atoms with Crippen LogP contribution in [-0.2, 0) is 4.79 Å². The van der Waals surface area contributed by atoms with Crippen molar-refractivity contribution in [3.05, 3.63) is 42.5 Å². The maximum atomic E-state index is 11.6. The van der Waals surface area contributed by atoms with Crippen LogP contribution < -0.4 is 10.2 Å². The molecular formula is C17H25N3O. The molecule has 1 aromatic rings. The quantitative estimate of drug-likeness (QED) is 0.811. The number of rotatable bonds is 6. The zero-order valence-electron chi connectivity index (χ0n) is 12.8. The molecule has 0 spiro atoms. The molecule has 0 radical (unpaired) electrons. The van der Waals surface area contributed by atoms with Crippen molar-refractivity contribution >= 4 is 11.6 Å². The highest BCUT2D eigenvalue weighted by Gasteiger charge is 2.17. The summed E-state index contributed by atoms with van der Waals surface area (Å²) in [6, 6.07) is 8.65. The molecule has 1 aromatic carbocycles. The van der Waals surface area contributed by atoms with Crippen LogP contribution in [0.3, 0.4) is 0 Å². The number of aryl methyl sites for hydroxylation is 1. The lowest BCUT2D eigenvalue weighted by molar-refractivity contribution is -0.121. The van der Waals surface area contributed by atoms with E-state index in [9.17, 15) is 4.79 Å². The number of nitrogens with one attached hydrogen (secondary N) is 1. The second-order valence-electron chi connectivity index (χ2n) is 5.51. The van der Waals surface area contributed by atoms with Gasteiger partial charge >= 0.3 is 0 Å². The molecule has 1 N–H and O–H groups in total. The van der Waals surface area contributed by atoms with Gasteiger partial charge in [0.15, 0.2) is 0 Å². The van der Waals surface area contributed by atoms with Crippen molar-refractivity contribution in [2.45, 2.75) is 13.3 Å². The molecule has 114 valence electrons. The summed E-state index contributed by atoms with van der Waals surface area (Å²) in [6.07, 6.45) is 2.27. The van der Waals surface area contributed by atoms with Crippen molar-refractivity contribution < 1.29 is 4.79 Å². The summed E-state index contributed by atoms with van der Waals surface area (Å²) in [5.74, 6) is 0.107. The minimum absolute atomic E-state index is 0.107. The molecule has 4 heteroatoms. The summed E-state index contributed by atoms with van der Waals surface area (Å²) in [5.41, 5.74) is 2.60. The number of hydrogen-bond acceptors (Lipinski definition) is 3. The Balaban J connectivity index is 1.73. The summed E-state index contributed by atoms with van der Waals surface area (Å²) in [4.78, 5) is 16.4. The fourth-order valence-electron chi connectivity index (χ4n) is 2.59. The molecule has 0 aromatic heterocycles. The predicted octanol–water partition coefficient (Wildman–Crippen LogP) is 1.81. The third-order valence-electron chi connectivity index (χ3n) is 3.84. The average Bonchev–Trinajstić information content (AvgIpc) is 2.51. The van der Waals surface area contributed by atoms with Gasteiger partial charge in [0.25, 0.3) is 0 Å². The van der Waals surface area contributed by atoms with Crippen molar-refractivity contribution in [2.75, 3.05) is 44.2 Å². The number of carbonyl (C=O) groups is 1. The van der Waals surface area contributed by atoms with Gasteiger partial charge in [-0.05, 0) is 24.6 Å². The maximum absolute atomic E-state index is 11.6. The van der Waals surface area contributed by atoms with Gasteiger partial charge in [-0.25, -0.2) is 0 Å². The highest BCUT2D eigenvalue weighted by atomic mass is 16.1. The van der Waals surface area contributed by atoms with Crippen molar-refractivity contribution in [3.8, 4) is 0 Å². The molecule has 1 heterocycles. The van der Waals surface area contributed by atoms with Gasteiger partial charge in [0.2, 0.25) is 5.91 Å². The number of carbonyl (C=O) groups excluding carboxylic acids is 1. The standard InChI is InChI=1S/C17H25N3O/c1-3-8-18-17(21)7-9-19-10-12-20(13-11-19)16-6-4-5-15(2)14-16/h3-6,14H,1,7-13H2,2H3,(H,18,21). The molecule has 0 atom stereocenters. The Bertz CT molecular complexity index is 479. The van der Waals surface area contributed by atoms with Crippen LogP contribution in [0.15, 0.2) is 36.9 Å². The Hall–Kier alpha value is -1.81. The fraction of sp³-hybridized carbons (Fsp3) is 0.471. The van der Waals surface area contributed by atoms with E-state index in [-0.39, 0.29) is 5.91 Å². The molecule has 1 fully saturated rings. The number of anilines is 1. The topological polar surface area (TPSA) is 35.6 Å². The summed E-state index contributed by atoms with van der Waals surface area (Å²) >= 11 is 0. The van der Waals surface area contributed by atoms with Gasteiger partial charge in [0.05, 0.1) is 0 Å². The molecule has 1 amide bonds. The SMILES string of the molecule is C=CCNC(=O)CCN1CCN(c2cccc(C)c2)CC1. The lowest BCUT2D eigenvalue weighted by Crippen LogP contribution is -2.47. The smallest absolute Gasteiger partial charge is 0.221 e. The molecule has 0 aliphatic carbocycles. The summed E-state index contributed by atoms with van der Waals surface area (Å²) in [7, 11) is 0. The largest absolute Gasteiger partial charge is 0.369 e. The van der Waals surface area contributed by atoms with E-state index in [0.717, 1.165) is 32.7 Å². The molecule has 0 unspecified atom stereocenters. The molecule has 0 bridgehead atoms. The number of hydrogen-bond donors (Lipinski definition) is 1. The van der Waals surface area contributed by atoms with Crippen LogP contribution in [0.25, 0.3) is 0 Å². The van der Waals surface area contributed by atoms with Crippen LogP contribution in [0.1, 0.15) is 12.0 Å². The Kier molecular flexibility index (Phi) is 5.81. The van der Waals surface area contributed by atoms with E-state index < -0.39 is 0 Å². The monoisotopic (exact) mass is 287 g/mol. The van der Waals surface area contributed by atoms with Gasteiger partial charge in [-0.1, -0.05) is 18.2 Å². The zero-order chi connectivity index (χ0) is 15.1. The van der Waals surface area contributed by atoms with E-state index in [4.69, 9.17) is 0 Å². The fourth-order valence-corrected chi connectivity index (χ4v) is 2.59. The van der Waals surface area contributed by atoms with Crippen LogP contribution in [0.4, 0.5) is 5.69 Å². The third kappa shape index (κ3) is 4.90. The van der Waals surface area contributed by atoms with E-state index in [1.165, 1.54) is 11.3 Å². The van der Waals surface area contributed by atoms with E-state index in [1.807, 2.05) is 0 Å². The number of amides is 1. The van der Waals surface area contributed by atoms with Gasteiger partial charge in [0.1, 0.15) is 0 Å². The van der Waals surface area contributed by atoms with E-state index >= 15 is 0 Å². The van der Waals surface area contributed by atoms with Gasteiger partial charge in [0, 0.05) is 51.4 Å². The van der Waals surface area contributed by atoms with Crippen LogP contribution in [0.2, 0.25) is 0 Å². The van der Waals surface area contributed by atoms with Crippen molar-refractivity contribution in [1.82, 2.24) is 10.2 Å². The minimum atomic E-state index is 0.107. The molecule has 1 aliphatic heterocycles. The Labute approximate surface area is 127 Å². The zero-order valence-corrected chi connectivity index (χ0v) is 12.8. The predicted molar refractivity (Wildman–Crippen MR) is 87.7 cm³/mol. The molecule has 21 heavy (non-hydrogen) atoms. The molecule has 1 saturated heterocycles. The van der Waals surface area contributed by atoms with Crippen LogP contribution in [-0.4, -0.2) is 50.1 Å². The minimum Gasteiger partial charge on any atom is -0.369 e. The Morgan fingerprint density at radius 3 is 2.76 bits per heavy atom. The highest BCUT2D eigenvalue weighted by Crippen LogP contribution is 2.17. The lowest BCUT2D eigenvalue weighted by atomic mass is 10.2. The molecule has 0 saturated carbocycles. The molecule has 1 aliphatic rings. The first kappa shape index (κ1) is 15.6. The number of piperazine rings is 1. The average molecular weight is 287 g/mol. The lowest BCUT2D eigenvalue weighted by Gasteiger charge is -2.36. The molecule has 2 rings (SSSR count). The van der Waals surface area contributed by atoms with Gasteiger partial charge in [-0.15, -0.1) is 6.58 Å². The van der Waals surface area contributed by atoms with Gasteiger partial charge < -0.3 is 10.2 Å². The first-order valence-corrected chi connectivity index (χ1v) is 7.60. The third-order valence-corrected chi connectivity index (χ3v) is 3.84. The normalized spacial score (nSPS) is 15.8. The van der Waals surface area contributed by atoms with Crippen LogP contribution >= 0.6 is 0 Å². The Morgan fingerprint density at radius 1 is 1.33 bits per heavy atom. The first-order chi connectivity index (χ1) is 10.2.